The second-order valence-electron chi connectivity index (χ2n) is 9.94. The summed E-state index contributed by atoms with van der Waals surface area (Å²) in [5, 5.41) is 10.5. The lowest BCUT2D eigenvalue weighted by atomic mass is 9.44. The summed E-state index contributed by atoms with van der Waals surface area (Å²) in [5.41, 5.74) is 0.840. The molecule has 4 fully saturated rings. The second-order valence-corrected chi connectivity index (χ2v) is 9.94. The maximum absolute atomic E-state index is 10.5. The Morgan fingerprint density at radius 3 is 2.43 bits per heavy atom. The van der Waals surface area contributed by atoms with E-state index in [1.165, 1.54) is 51.4 Å². The fourth-order valence-corrected chi connectivity index (χ4v) is 7.42. The number of hydrogen-bond acceptors (Lipinski definition) is 1. The van der Waals surface area contributed by atoms with Crippen LogP contribution in [0.15, 0.2) is 0 Å². The Labute approximate surface area is 130 Å². The highest BCUT2D eigenvalue weighted by atomic mass is 16.3. The maximum Gasteiger partial charge on any atom is 0.0622 e. The van der Waals surface area contributed by atoms with Crippen LogP contribution in [-0.4, -0.2) is 10.7 Å². The molecule has 0 aromatic heterocycles. The van der Waals surface area contributed by atoms with E-state index in [1.54, 1.807) is 0 Å². The van der Waals surface area contributed by atoms with Crippen molar-refractivity contribution in [2.75, 3.05) is 0 Å². The molecule has 0 heterocycles. The molecule has 0 aromatic rings. The third-order valence-electron chi connectivity index (χ3n) is 8.73. The average molecular weight is 290 g/mol. The average Bonchev–Trinajstić information content (AvgIpc) is 2.81. The van der Waals surface area contributed by atoms with Gasteiger partial charge in [-0.15, -0.1) is 0 Å². The smallest absolute Gasteiger partial charge is 0.0622 e. The lowest BCUT2D eigenvalue weighted by molar-refractivity contribution is -0.142. The Balaban J connectivity index is 1.62. The van der Waals surface area contributed by atoms with Crippen molar-refractivity contribution in [2.24, 2.45) is 34.5 Å². The standard InChI is InChI=1S/C20H34O/c1-18-9-4-5-16(18)15-7-6-14-13-19(2,21)11-12-20(14,3)17(15)8-10-18/h14-17,21H,4-13H2,1-3H3. The molecule has 1 N–H and O–H groups in total. The van der Waals surface area contributed by atoms with Crippen LogP contribution in [-0.2, 0) is 0 Å². The van der Waals surface area contributed by atoms with Crippen LogP contribution in [0.3, 0.4) is 0 Å². The number of hydrogen-bond donors (Lipinski definition) is 1. The van der Waals surface area contributed by atoms with Crippen LogP contribution in [0.5, 0.6) is 0 Å². The summed E-state index contributed by atoms with van der Waals surface area (Å²) in [6.07, 6.45) is 13.7. The predicted molar refractivity (Wildman–Crippen MR) is 87.0 cm³/mol. The maximum atomic E-state index is 10.5. The Hall–Kier alpha value is -0.0400. The van der Waals surface area contributed by atoms with Crippen molar-refractivity contribution < 1.29 is 5.11 Å². The van der Waals surface area contributed by atoms with Gasteiger partial charge in [0.25, 0.3) is 0 Å². The summed E-state index contributed by atoms with van der Waals surface area (Å²) >= 11 is 0. The van der Waals surface area contributed by atoms with Crippen molar-refractivity contribution in [3.63, 3.8) is 0 Å². The minimum Gasteiger partial charge on any atom is -0.390 e. The van der Waals surface area contributed by atoms with E-state index in [1.807, 2.05) is 0 Å². The normalized spacial score (nSPS) is 60.0. The molecule has 0 bridgehead atoms. The molecule has 4 aliphatic carbocycles. The SMILES string of the molecule is CC1(O)CCC2(C)C(CCC3C4CCCC4(C)CCC32)C1. The quantitative estimate of drug-likeness (QED) is 0.652. The molecule has 1 heteroatoms. The van der Waals surface area contributed by atoms with Gasteiger partial charge < -0.3 is 5.11 Å². The van der Waals surface area contributed by atoms with Gasteiger partial charge in [0.15, 0.2) is 0 Å². The minimum atomic E-state index is -0.381. The lowest BCUT2D eigenvalue weighted by Gasteiger charge is -2.61. The van der Waals surface area contributed by atoms with Crippen LogP contribution in [0.25, 0.3) is 0 Å². The van der Waals surface area contributed by atoms with Gasteiger partial charge in [-0.25, -0.2) is 0 Å². The number of rotatable bonds is 0. The largest absolute Gasteiger partial charge is 0.390 e. The molecule has 4 rings (SSSR count). The third-order valence-corrected chi connectivity index (χ3v) is 8.73. The molecular formula is C20H34O. The molecule has 0 aliphatic heterocycles. The highest BCUT2D eigenvalue weighted by Crippen LogP contribution is 2.66. The number of aliphatic hydroxyl groups is 1. The van der Waals surface area contributed by atoms with Crippen molar-refractivity contribution in [3.05, 3.63) is 0 Å². The minimum absolute atomic E-state index is 0.381. The molecule has 0 spiro atoms. The van der Waals surface area contributed by atoms with Gasteiger partial charge in [0, 0.05) is 0 Å². The van der Waals surface area contributed by atoms with Crippen LogP contribution in [0.2, 0.25) is 0 Å². The molecule has 7 atom stereocenters. The van der Waals surface area contributed by atoms with Gasteiger partial charge in [0.05, 0.1) is 5.60 Å². The monoisotopic (exact) mass is 290 g/mol. The third kappa shape index (κ3) is 2.06. The van der Waals surface area contributed by atoms with Crippen LogP contribution >= 0.6 is 0 Å². The van der Waals surface area contributed by atoms with Crippen LogP contribution < -0.4 is 0 Å². The van der Waals surface area contributed by atoms with Crippen LogP contribution in [0.4, 0.5) is 0 Å². The van der Waals surface area contributed by atoms with E-state index in [0.29, 0.717) is 10.8 Å². The Bertz CT molecular complexity index is 428. The summed E-state index contributed by atoms with van der Waals surface area (Å²) in [5.74, 6) is 3.78. The summed E-state index contributed by atoms with van der Waals surface area (Å²) in [4.78, 5) is 0. The van der Waals surface area contributed by atoms with E-state index in [-0.39, 0.29) is 5.60 Å². The molecular weight excluding hydrogens is 256 g/mol. The van der Waals surface area contributed by atoms with E-state index >= 15 is 0 Å². The predicted octanol–water partition coefficient (Wildman–Crippen LogP) is 5.17. The fraction of sp³-hybridized carbons (Fsp3) is 1.00. The first-order chi connectivity index (χ1) is 9.84. The van der Waals surface area contributed by atoms with Gasteiger partial charge in [-0.05, 0) is 99.2 Å². The highest BCUT2D eigenvalue weighted by molar-refractivity contribution is 5.08. The zero-order chi connectivity index (χ0) is 14.9. The van der Waals surface area contributed by atoms with Gasteiger partial charge in [0.2, 0.25) is 0 Å². The van der Waals surface area contributed by atoms with Gasteiger partial charge in [-0.2, -0.15) is 0 Å². The van der Waals surface area contributed by atoms with Crippen molar-refractivity contribution in [3.8, 4) is 0 Å². The van der Waals surface area contributed by atoms with E-state index in [2.05, 4.69) is 20.8 Å². The van der Waals surface area contributed by atoms with Crippen molar-refractivity contribution in [1.82, 2.24) is 0 Å². The second kappa shape index (κ2) is 4.49. The van der Waals surface area contributed by atoms with Gasteiger partial charge in [-0.3, -0.25) is 0 Å². The van der Waals surface area contributed by atoms with E-state index in [4.69, 9.17) is 0 Å². The summed E-state index contributed by atoms with van der Waals surface area (Å²) in [6.45, 7) is 7.27. The highest BCUT2D eigenvalue weighted by Gasteiger charge is 2.58. The molecule has 0 radical (unpaired) electrons. The fourth-order valence-electron chi connectivity index (χ4n) is 7.42. The molecule has 21 heavy (non-hydrogen) atoms. The molecule has 0 saturated heterocycles. The Kier molecular flexibility index (Phi) is 3.11. The van der Waals surface area contributed by atoms with E-state index < -0.39 is 0 Å². The van der Waals surface area contributed by atoms with Crippen molar-refractivity contribution in [2.45, 2.75) is 90.6 Å². The summed E-state index contributed by atoms with van der Waals surface area (Å²) in [6, 6.07) is 0. The van der Waals surface area contributed by atoms with E-state index in [9.17, 15) is 5.11 Å². The molecule has 4 aliphatic rings. The Morgan fingerprint density at radius 1 is 0.810 bits per heavy atom. The molecule has 0 aromatic carbocycles. The molecule has 7 unspecified atom stereocenters. The van der Waals surface area contributed by atoms with Crippen LogP contribution in [0, 0.1) is 34.5 Å². The molecule has 1 nitrogen and oxygen atoms in total. The van der Waals surface area contributed by atoms with Crippen LogP contribution in [0.1, 0.15) is 85.0 Å². The zero-order valence-electron chi connectivity index (χ0n) is 14.3. The first kappa shape index (κ1) is 14.5. The first-order valence-electron chi connectivity index (χ1n) is 9.57. The van der Waals surface area contributed by atoms with E-state index in [0.717, 1.165) is 36.5 Å². The summed E-state index contributed by atoms with van der Waals surface area (Å²) < 4.78 is 0. The van der Waals surface area contributed by atoms with Crippen molar-refractivity contribution in [1.29, 1.82) is 0 Å². The van der Waals surface area contributed by atoms with Gasteiger partial charge in [-0.1, -0.05) is 20.3 Å². The summed E-state index contributed by atoms with van der Waals surface area (Å²) in [7, 11) is 0. The first-order valence-corrected chi connectivity index (χ1v) is 9.57. The number of fused-ring (bicyclic) bond motifs is 5. The molecule has 120 valence electrons. The van der Waals surface area contributed by atoms with Crippen molar-refractivity contribution >= 4 is 0 Å². The lowest BCUT2D eigenvalue weighted by Crippen LogP contribution is -2.54. The Morgan fingerprint density at radius 2 is 1.62 bits per heavy atom. The van der Waals surface area contributed by atoms with Gasteiger partial charge >= 0.3 is 0 Å². The molecule has 0 amide bonds. The zero-order valence-corrected chi connectivity index (χ0v) is 14.3. The topological polar surface area (TPSA) is 20.2 Å². The molecule has 4 saturated carbocycles. The van der Waals surface area contributed by atoms with Gasteiger partial charge in [0.1, 0.15) is 0 Å².